The Morgan fingerprint density at radius 3 is 2.31 bits per heavy atom. The molecule has 0 aliphatic heterocycles. The van der Waals surface area contributed by atoms with Crippen molar-refractivity contribution in [2.45, 2.75) is 20.8 Å². The molecule has 0 unspecified atom stereocenters. The van der Waals surface area contributed by atoms with E-state index in [4.69, 9.17) is 4.74 Å². The smallest absolute Gasteiger partial charge is 0.119 e. The highest BCUT2D eigenvalue weighted by Gasteiger charge is 2.10. The van der Waals surface area contributed by atoms with Crippen LogP contribution in [0.25, 0.3) is 0 Å². The fourth-order valence-electron chi connectivity index (χ4n) is 1.06. The second kappa shape index (κ2) is 5.54. The van der Waals surface area contributed by atoms with Crippen molar-refractivity contribution in [3.63, 3.8) is 0 Å². The predicted octanol–water partition coefficient (Wildman–Crippen LogP) is 3.09. The minimum Gasteiger partial charge on any atom is -0.493 e. The van der Waals surface area contributed by atoms with Crippen LogP contribution in [0, 0.1) is 5.41 Å². The van der Waals surface area contributed by atoms with Crippen molar-refractivity contribution in [2.24, 2.45) is 10.6 Å². The molecule has 0 radical (unpaired) electrons. The SMILES string of the molecule is CON=Cc1ccc(OCC(C)(C)C)cc1. The van der Waals surface area contributed by atoms with E-state index in [1.807, 2.05) is 24.3 Å². The van der Waals surface area contributed by atoms with Gasteiger partial charge in [0.25, 0.3) is 0 Å². The Labute approximate surface area is 97.1 Å². The first-order valence-electron chi connectivity index (χ1n) is 5.31. The third-order valence-electron chi connectivity index (χ3n) is 1.86. The van der Waals surface area contributed by atoms with E-state index in [0.717, 1.165) is 11.3 Å². The first-order chi connectivity index (χ1) is 7.51. The van der Waals surface area contributed by atoms with Crippen molar-refractivity contribution in [3.8, 4) is 5.75 Å². The summed E-state index contributed by atoms with van der Waals surface area (Å²) in [6.45, 7) is 7.14. The Kier molecular flexibility index (Phi) is 4.35. The molecule has 0 bridgehead atoms. The van der Waals surface area contributed by atoms with Gasteiger partial charge >= 0.3 is 0 Å². The van der Waals surface area contributed by atoms with E-state index in [-0.39, 0.29) is 5.41 Å². The first kappa shape index (κ1) is 12.6. The predicted molar refractivity (Wildman–Crippen MR) is 66.0 cm³/mol. The summed E-state index contributed by atoms with van der Waals surface area (Å²) >= 11 is 0. The lowest BCUT2D eigenvalue weighted by Crippen LogP contribution is -2.16. The summed E-state index contributed by atoms with van der Waals surface area (Å²) in [6.07, 6.45) is 1.66. The van der Waals surface area contributed by atoms with Crippen molar-refractivity contribution in [3.05, 3.63) is 29.8 Å². The highest BCUT2D eigenvalue weighted by atomic mass is 16.6. The van der Waals surface area contributed by atoms with Gasteiger partial charge in [-0.3, -0.25) is 0 Å². The quantitative estimate of drug-likeness (QED) is 0.578. The van der Waals surface area contributed by atoms with Gasteiger partial charge in [0.15, 0.2) is 0 Å². The number of nitrogens with zero attached hydrogens (tertiary/aromatic N) is 1. The molecular formula is C13H19NO2. The summed E-state index contributed by atoms with van der Waals surface area (Å²) in [7, 11) is 1.53. The largest absolute Gasteiger partial charge is 0.493 e. The monoisotopic (exact) mass is 221 g/mol. The molecule has 0 atom stereocenters. The fourth-order valence-corrected chi connectivity index (χ4v) is 1.06. The number of oxime groups is 1. The number of ether oxygens (including phenoxy) is 1. The lowest BCUT2D eigenvalue weighted by molar-refractivity contribution is 0.198. The number of hydrogen-bond acceptors (Lipinski definition) is 3. The number of hydrogen-bond donors (Lipinski definition) is 0. The van der Waals surface area contributed by atoms with Crippen molar-refractivity contribution >= 4 is 6.21 Å². The second-order valence-corrected chi connectivity index (χ2v) is 4.84. The van der Waals surface area contributed by atoms with Crippen LogP contribution in [0.4, 0.5) is 0 Å². The third-order valence-corrected chi connectivity index (χ3v) is 1.86. The topological polar surface area (TPSA) is 30.8 Å². The zero-order valence-electron chi connectivity index (χ0n) is 10.4. The zero-order chi connectivity index (χ0) is 12.0. The first-order valence-corrected chi connectivity index (χ1v) is 5.31. The van der Waals surface area contributed by atoms with E-state index >= 15 is 0 Å². The van der Waals surface area contributed by atoms with E-state index in [2.05, 4.69) is 30.8 Å². The molecule has 1 aromatic carbocycles. The zero-order valence-corrected chi connectivity index (χ0v) is 10.4. The van der Waals surface area contributed by atoms with Crippen molar-refractivity contribution < 1.29 is 9.57 Å². The molecule has 1 rings (SSSR count). The van der Waals surface area contributed by atoms with E-state index in [1.54, 1.807) is 6.21 Å². The molecule has 0 N–H and O–H groups in total. The highest BCUT2D eigenvalue weighted by Crippen LogP contribution is 2.17. The van der Waals surface area contributed by atoms with Gasteiger partial charge in [-0.25, -0.2) is 0 Å². The molecule has 0 amide bonds. The van der Waals surface area contributed by atoms with E-state index in [0.29, 0.717) is 6.61 Å². The van der Waals surface area contributed by atoms with Crippen LogP contribution in [-0.2, 0) is 4.84 Å². The molecule has 3 heteroatoms. The molecule has 1 aromatic rings. The standard InChI is InChI=1S/C13H19NO2/c1-13(2,3)10-16-12-7-5-11(6-8-12)9-14-15-4/h5-9H,10H2,1-4H3. The molecule has 0 aliphatic carbocycles. The number of benzene rings is 1. The van der Waals surface area contributed by atoms with Crippen molar-refractivity contribution in [1.82, 2.24) is 0 Å². The van der Waals surface area contributed by atoms with Gasteiger partial charge in [-0.1, -0.05) is 25.9 Å². The fraction of sp³-hybridized carbons (Fsp3) is 0.462. The Morgan fingerprint density at radius 2 is 1.81 bits per heavy atom. The van der Waals surface area contributed by atoms with Crippen LogP contribution < -0.4 is 4.74 Å². The van der Waals surface area contributed by atoms with Crippen LogP contribution in [0.3, 0.4) is 0 Å². The minimum absolute atomic E-state index is 0.177. The molecule has 0 aliphatic rings. The average molecular weight is 221 g/mol. The molecule has 16 heavy (non-hydrogen) atoms. The molecule has 0 saturated carbocycles. The third kappa shape index (κ3) is 4.82. The maximum atomic E-state index is 5.65. The van der Waals surface area contributed by atoms with Crippen LogP contribution in [0.15, 0.2) is 29.4 Å². The molecule has 0 spiro atoms. The van der Waals surface area contributed by atoms with Gasteiger partial charge in [0, 0.05) is 0 Å². The van der Waals surface area contributed by atoms with Gasteiger partial charge in [0.1, 0.15) is 12.9 Å². The van der Waals surface area contributed by atoms with Gasteiger partial charge < -0.3 is 9.57 Å². The van der Waals surface area contributed by atoms with E-state index in [9.17, 15) is 0 Å². The van der Waals surface area contributed by atoms with Gasteiger partial charge in [-0.05, 0) is 35.2 Å². The molecule has 0 fully saturated rings. The summed E-state index contributed by atoms with van der Waals surface area (Å²) in [6, 6.07) is 7.76. The molecule has 88 valence electrons. The summed E-state index contributed by atoms with van der Waals surface area (Å²) in [5.41, 5.74) is 1.17. The lowest BCUT2D eigenvalue weighted by Gasteiger charge is -2.18. The molecule has 0 aromatic heterocycles. The average Bonchev–Trinajstić information content (AvgIpc) is 2.24. The maximum absolute atomic E-state index is 5.65. The maximum Gasteiger partial charge on any atom is 0.119 e. The Bertz CT molecular complexity index is 336. The highest BCUT2D eigenvalue weighted by molar-refractivity contribution is 5.79. The van der Waals surface area contributed by atoms with Crippen LogP contribution >= 0.6 is 0 Å². The molecular weight excluding hydrogens is 202 g/mol. The van der Waals surface area contributed by atoms with Crippen LogP contribution in [0.5, 0.6) is 5.75 Å². The van der Waals surface area contributed by atoms with Crippen LogP contribution in [-0.4, -0.2) is 19.9 Å². The van der Waals surface area contributed by atoms with E-state index in [1.165, 1.54) is 7.11 Å². The molecule has 0 heterocycles. The summed E-state index contributed by atoms with van der Waals surface area (Å²) in [5, 5.41) is 3.69. The van der Waals surface area contributed by atoms with Crippen molar-refractivity contribution in [2.75, 3.05) is 13.7 Å². The summed E-state index contributed by atoms with van der Waals surface area (Å²) < 4.78 is 5.65. The second-order valence-electron chi connectivity index (χ2n) is 4.84. The minimum atomic E-state index is 0.177. The summed E-state index contributed by atoms with van der Waals surface area (Å²) in [4.78, 5) is 4.61. The molecule has 3 nitrogen and oxygen atoms in total. The molecule has 0 saturated heterocycles. The Hall–Kier alpha value is -1.51. The van der Waals surface area contributed by atoms with Gasteiger partial charge in [0.2, 0.25) is 0 Å². The Morgan fingerprint density at radius 1 is 1.19 bits per heavy atom. The van der Waals surface area contributed by atoms with E-state index < -0.39 is 0 Å². The lowest BCUT2D eigenvalue weighted by atomic mass is 9.99. The van der Waals surface area contributed by atoms with Gasteiger partial charge in [-0.2, -0.15) is 0 Å². The normalized spacial score (nSPS) is 11.8. The summed E-state index contributed by atoms with van der Waals surface area (Å²) in [5.74, 6) is 0.879. The van der Waals surface area contributed by atoms with Crippen LogP contribution in [0.2, 0.25) is 0 Å². The van der Waals surface area contributed by atoms with Gasteiger partial charge in [-0.15, -0.1) is 0 Å². The van der Waals surface area contributed by atoms with Gasteiger partial charge in [0.05, 0.1) is 12.8 Å². The van der Waals surface area contributed by atoms with Crippen LogP contribution in [0.1, 0.15) is 26.3 Å². The van der Waals surface area contributed by atoms with Crippen molar-refractivity contribution in [1.29, 1.82) is 0 Å². The number of rotatable bonds is 4. The Balaban J connectivity index is 2.55.